The van der Waals surface area contributed by atoms with Crippen LogP contribution in [0.2, 0.25) is 0 Å². The molecule has 1 aliphatic rings. The topological polar surface area (TPSA) is 59.2 Å². The molecule has 0 fully saturated rings. The number of carbonyl (C=O) groups excluding carboxylic acids is 2. The average molecular weight is 416 g/mol. The molecule has 2 heterocycles. The highest BCUT2D eigenvalue weighted by molar-refractivity contribution is 7.14. The fourth-order valence-corrected chi connectivity index (χ4v) is 5.21. The van der Waals surface area contributed by atoms with Gasteiger partial charge in [0.25, 0.3) is 0 Å². The van der Waals surface area contributed by atoms with Gasteiger partial charge in [0.1, 0.15) is 4.88 Å². The van der Waals surface area contributed by atoms with Gasteiger partial charge in [-0.3, -0.25) is 4.79 Å². The van der Waals surface area contributed by atoms with Crippen LogP contribution >= 0.6 is 11.3 Å². The Hall–Kier alpha value is -3.18. The molecule has 30 heavy (non-hydrogen) atoms. The maximum Gasteiger partial charge on any atom is 0.349 e. The number of benzene rings is 2. The monoisotopic (exact) mass is 415 g/mol. The third-order valence-electron chi connectivity index (χ3n) is 5.62. The Morgan fingerprint density at radius 2 is 1.73 bits per heavy atom. The molecule has 1 unspecified atom stereocenters. The fourth-order valence-electron chi connectivity index (χ4n) is 4.07. The molecule has 0 saturated heterocycles. The summed E-state index contributed by atoms with van der Waals surface area (Å²) < 4.78 is 5.84. The number of ketones is 1. The first-order valence-corrected chi connectivity index (χ1v) is 11.0. The summed E-state index contributed by atoms with van der Waals surface area (Å²) in [5.41, 5.74) is 3.32. The molecule has 0 spiro atoms. The van der Waals surface area contributed by atoms with Crippen LogP contribution in [-0.4, -0.2) is 16.7 Å². The Balaban J connectivity index is 1.49. The van der Waals surface area contributed by atoms with Crippen molar-refractivity contribution < 1.29 is 14.3 Å². The summed E-state index contributed by atoms with van der Waals surface area (Å²) in [7, 11) is 0. The number of ether oxygens (including phenoxy) is 1. The lowest BCUT2D eigenvalue weighted by Gasteiger charge is -2.16. The fraction of sp³-hybridized carbons (Fsp3) is 0.200. The number of carbonyl (C=O) groups is 2. The number of thiophene rings is 1. The van der Waals surface area contributed by atoms with E-state index in [1.54, 1.807) is 6.20 Å². The zero-order valence-corrected chi connectivity index (χ0v) is 17.2. The van der Waals surface area contributed by atoms with E-state index >= 15 is 0 Å². The lowest BCUT2D eigenvalue weighted by Crippen LogP contribution is -2.19. The highest BCUT2D eigenvalue weighted by Gasteiger charge is 2.29. The second-order valence-electron chi connectivity index (χ2n) is 7.57. The Labute approximate surface area is 178 Å². The van der Waals surface area contributed by atoms with Gasteiger partial charge in [-0.1, -0.05) is 48.5 Å². The number of fused-ring (bicyclic) bond motifs is 2. The summed E-state index contributed by atoms with van der Waals surface area (Å²) in [6.45, 7) is 0. The predicted molar refractivity (Wildman–Crippen MR) is 118 cm³/mol. The zero-order valence-electron chi connectivity index (χ0n) is 16.4. The van der Waals surface area contributed by atoms with Crippen molar-refractivity contribution in [3.05, 3.63) is 93.3 Å². The van der Waals surface area contributed by atoms with Crippen molar-refractivity contribution in [2.45, 2.75) is 31.8 Å². The molecule has 1 N–H and O–H groups in total. The molecule has 4 nitrogen and oxygen atoms in total. The van der Waals surface area contributed by atoms with E-state index in [1.807, 2.05) is 60.7 Å². The van der Waals surface area contributed by atoms with Crippen LogP contribution in [0.15, 0.2) is 66.9 Å². The second kappa shape index (κ2) is 7.92. The largest absolute Gasteiger partial charge is 0.445 e. The van der Waals surface area contributed by atoms with Gasteiger partial charge in [-0.15, -0.1) is 11.3 Å². The van der Waals surface area contributed by atoms with Crippen LogP contribution in [0, 0.1) is 0 Å². The van der Waals surface area contributed by atoms with Crippen LogP contribution in [-0.2, 0) is 17.6 Å². The van der Waals surface area contributed by atoms with Crippen LogP contribution in [0.5, 0.6) is 0 Å². The molecule has 0 radical (unpaired) electrons. The number of aromatic amines is 1. The second-order valence-corrected chi connectivity index (χ2v) is 8.71. The molecule has 2 aromatic carbocycles. The first kappa shape index (κ1) is 18.8. The molecular formula is C25H21NO3S. The van der Waals surface area contributed by atoms with Crippen molar-refractivity contribution in [3.63, 3.8) is 0 Å². The Kier molecular flexibility index (Phi) is 4.97. The smallest absolute Gasteiger partial charge is 0.349 e. The molecule has 4 aromatic rings. The molecular weight excluding hydrogens is 394 g/mol. The third-order valence-corrected chi connectivity index (χ3v) is 6.83. The van der Waals surface area contributed by atoms with Gasteiger partial charge in [-0.2, -0.15) is 0 Å². The maximum atomic E-state index is 13.5. The van der Waals surface area contributed by atoms with Gasteiger partial charge in [-0.05, 0) is 43.4 Å². The van der Waals surface area contributed by atoms with Crippen molar-refractivity contribution in [1.29, 1.82) is 0 Å². The predicted octanol–water partition coefficient (Wildman–Crippen LogP) is 5.89. The van der Waals surface area contributed by atoms with E-state index in [2.05, 4.69) is 4.98 Å². The van der Waals surface area contributed by atoms with E-state index in [0.29, 0.717) is 16.0 Å². The van der Waals surface area contributed by atoms with E-state index < -0.39 is 12.1 Å². The number of para-hydroxylation sites is 1. The van der Waals surface area contributed by atoms with E-state index in [0.717, 1.165) is 36.6 Å². The molecule has 0 saturated carbocycles. The third kappa shape index (κ3) is 3.46. The first-order valence-electron chi connectivity index (χ1n) is 10.2. The Morgan fingerprint density at radius 3 is 2.57 bits per heavy atom. The minimum Gasteiger partial charge on any atom is -0.445 e. The van der Waals surface area contributed by atoms with Crippen LogP contribution in [0.4, 0.5) is 0 Å². The quantitative estimate of drug-likeness (QED) is 0.327. The lowest BCUT2D eigenvalue weighted by atomic mass is 9.99. The summed E-state index contributed by atoms with van der Waals surface area (Å²) in [5, 5.41) is 0.825. The van der Waals surface area contributed by atoms with Crippen LogP contribution in [0.1, 0.15) is 55.0 Å². The Bertz CT molecular complexity index is 1200. The van der Waals surface area contributed by atoms with Crippen LogP contribution < -0.4 is 0 Å². The van der Waals surface area contributed by atoms with E-state index in [9.17, 15) is 9.59 Å². The molecule has 0 bridgehead atoms. The van der Waals surface area contributed by atoms with Gasteiger partial charge in [0.15, 0.2) is 6.10 Å². The van der Waals surface area contributed by atoms with Gasteiger partial charge < -0.3 is 9.72 Å². The normalized spacial score (nSPS) is 14.3. The van der Waals surface area contributed by atoms with Crippen molar-refractivity contribution in [2.75, 3.05) is 0 Å². The van der Waals surface area contributed by atoms with Gasteiger partial charge in [0.2, 0.25) is 5.78 Å². The van der Waals surface area contributed by atoms with Crippen molar-refractivity contribution in [2.24, 2.45) is 0 Å². The number of hydrogen-bond donors (Lipinski definition) is 1. The van der Waals surface area contributed by atoms with Crippen LogP contribution in [0.3, 0.4) is 0 Å². The summed E-state index contributed by atoms with van der Waals surface area (Å²) in [6, 6.07) is 18.8. The molecule has 1 aliphatic carbocycles. The van der Waals surface area contributed by atoms with Gasteiger partial charge in [-0.25, -0.2) is 4.79 Å². The number of nitrogens with one attached hydrogen (secondary N) is 1. The number of aryl methyl sites for hydroxylation is 2. The summed E-state index contributed by atoms with van der Waals surface area (Å²) >= 11 is 1.50. The minimum atomic E-state index is -0.989. The van der Waals surface area contributed by atoms with Crippen molar-refractivity contribution in [3.8, 4) is 0 Å². The average Bonchev–Trinajstić information content (AvgIpc) is 3.42. The molecule has 150 valence electrons. The van der Waals surface area contributed by atoms with E-state index in [1.165, 1.54) is 21.8 Å². The number of Topliss-reactive ketones (excluding diaryl/α,β-unsaturated/α-hetero) is 1. The minimum absolute atomic E-state index is 0.228. The molecule has 2 aromatic heterocycles. The Morgan fingerprint density at radius 1 is 0.967 bits per heavy atom. The zero-order chi connectivity index (χ0) is 20.5. The SMILES string of the molecule is O=C(OC(C(=O)c1c[nH]c2ccccc12)c1ccccc1)c1cc2c(s1)CCCC2. The standard InChI is InChI=1S/C25H21NO3S/c27-23(19-15-26-20-12-6-5-11-18(19)20)24(16-8-2-1-3-9-16)29-25(28)22-14-17-10-4-7-13-21(17)30-22/h1-3,5-6,8-9,11-12,14-15,24,26H,4,7,10,13H2. The van der Waals surface area contributed by atoms with E-state index in [-0.39, 0.29) is 5.78 Å². The molecule has 1 atom stereocenters. The highest BCUT2D eigenvalue weighted by atomic mass is 32.1. The summed E-state index contributed by atoms with van der Waals surface area (Å²) in [4.78, 5) is 31.5. The summed E-state index contributed by atoms with van der Waals surface area (Å²) in [5.74, 6) is -0.662. The first-order chi connectivity index (χ1) is 14.7. The summed E-state index contributed by atoms with van der Waals surface area (Å²) in [6.07, 6.45) is 5.05. The van der Waals surface area contributed by atoms with Crippen LogP contribution in [0.25, 0.3) is 10.9 Å². The molecule has 0 aliphatic heterocycles. The number of esters is 1. The molecule has 5 heteroatoms. The van der Waals surface area contributed by atoms with Crippen molar-refractivity contribution >= 4 is 34.0 Å². The molecule has 0 amide bonds. The van der Waals surface area contributed by atoms with Gasteiger partial charge in [0, 0.05) is 33.1 Å². The number of hydrogen-bond acceptors (Lipinski definition) is 4. The number of rotatable bonds is 5. The van der Waals surface area contributed by atoms with Crippen molar-refractivity contribution in [1.82, 2.24) is 4.98 Å². The number of aromatic nitrogens is 1. The maximum absolute atomic E-state index is 13.5. The van der Waals surface area contributed by atoms with Gasteiger partial charge >= 0.3 is 5.97 Å². The lowest BCUT2D eigenvalue weighted by molar-refractivity contribution is 0.0285. The van der Waals surface area contributed by atoms with Gasteiger partial charge in [0.05, 0.1) is 0 Å². The number of H-pyrrole nitrogens is 1. The highest BCUT2D eigenvalue weighted by Crippen LogP contribution is 2.32. The molecule has 5 rings (SSSR count). The van der Waals surface area contributed by atoms with E-state index in [4.69, 9.17) is 4.74 Å².